The summed E-state index contributed by atoms with van der Waals surface area (Å²) in [6, 6.07) is 0. The van der Waals surface area contributed by atoms with Gasteiger partial charge < -0.3 is 0 Å². The first kappa shape index (κ1) is 31.5. The summed E-state index contributed by atoms with van der Waals surface area (Å²) in [5.41, 5.74) is 0. The Balaban J connectivity index is -0.00000000500. The zero-order valence-corrected chi connectivity index (χ0v) is 6.70. The molecule has 0 saturated carbocycles. The van der Waals surface area contributed by atoms with Gasteiger partial charge in [-0.25, -0.2) is 0 Å². The second-order valence-electron chi connectivity index (χ2n) is 0. The van der Waals surface area contributed by atoms with Crippen LogP contribution >= 0.6 is 9.90 Å². The van der Waals surface area contributed by atoms with Gasteiger partial charge in [0.2, 0.25) is 0 Å². The molecule has 0 fully saturated rings. The SMILES string of the molecule is CC.CC.P.[B]. The van der Waals surface area contributed by atoms with Gasteiger partial charge in [-0.2, -0.15) is 9.90 Å². The molecule has 0 aliphatic carbocycles. The van der Waals surface area contributed by atoms with Crippen LogP contribution < -0.4 is 0 Å². The van der Waals surface area contributed by atoms with E-state index in [1.54, 1.807) is 0 Å². The molecule has 0 aromatic rings. The maximum Gasteiger partial charge on any atom is 0 e. The van der Waals surface area contributed by atoms with E-state index in [-0.39, 0.29) is 18.3 Å². The van der Waals surface area contributed by atoms with E-state index in [2.05, 4.69) is 0 Å². The first-order valence-electron chi connectivity index (χ1n) is 2.00. The molecule has 0 rings (SSSR count). The van der Waals surface area contributed by atoms with E-state index in [1.807, 2.05) is 27.7 Å². The highest BCUT2D eigenvalue weighted by Crippen LogP contribution is 1.15. The minimum atomic E-state index is 0. The van der Waals surface area contributed by atoms with Gasteiger partial charge in [0.25, 0.3) is 0 Å². The van der Waals surface area contributed by atoms with Gasteiger partial charge >= 0.3 is 0 Å². The second-order valence-corrected chi connectivity index (χ2v) is 0. The van der Waals surface area contributed by atoms with Gasteiger partial charge in [0.15, 0.2) is 0 Å². The second kappa shape index (κ2) is 453. The summed E-state index contributed by atoms with van der Waals surface area (Å²) in [4.78, 5) is 0. The fraction of sp³-hybridized carbons (Fsp3) is 1.00. The van der Waals surface area contributed by atoms with Crippen molar-refractivity contribution in [2.45, 2.75) is 27.7 Å². The van der Waals surface area contributed by atoms with Gasteiger partial charge in [-0.15, -0.1) is 0 Å². The van der Waals surface area contributed by atoms with Crippen LogP contribution in [0.5, 0.6) is 0 Å². The predicted octanol–water partition coefficient (Wildman–Crippen LogP) is 1.73. The summed E-state index contributed by atoms with van der Waals surface area (Å²) in [6.45, 7) is 8.00. The summed E-state index contributed by atoms with van der Waals surface area (Å²) in [6.07, 6.45) is 0. The first-order chi connectivity index (χ1) is 2.00. The molecular formula is C4H15BP. The van der Waals surface area contributed by atoms with Crippen LogP contribution in [0.15, 0.2) is 0 Å². The molecule has 0 N–H and O–H groups in total. The van der Waals surface area contributed by atoms with Gasteiger partial charge in [0, 0.05) is 8.41 Å². The van der Waals surface area contributed by atoms with Crippen LogP contribution in [0.25, 0.3) is 0 Å². The van der Waals surface area contributed by atoms with Crippen molar-refractivity contribution in [3.8, 4) is 0 Å². The molecule has 1 unspecified atom stereocenters. The van der Waals surface area contributed by atoms with Crippen LogP contribution in [-0.4, -0.2) is 8.41 Å². The Morgan fingerprint density at radius 1 is 0.667 bits per heavy atom. The van der Waals surface area contributed by atoms with Gasteiger partial charge in [-0.05, 0) is 0 Å². The maximum absolute atomic E-state index is 2.00. The van der Waals surface area contributed by atoms with Gasteiger partial charge in [0.1, 0.15) is 0 Å². The minimum Gasteiger partial charge on any atom is -0.153 e. The summed E-state index contributed by atoms with van der Waals surface area (Å²) in [7, 11) is 0. The number of hydrogen-bond donors (Lipinski definition) is 0. The van der Waals surface area contributed by atoms with Crippen LogP contribution in [0, 0.1) is 0 Å². The van der Waals surface area contributed by atoms with Crippen molar-refractivity contribution in [1.82, 2.24) is 0 Å². The highest BCUT2D eigenvalue weighted by molar-refractivity contribution is 6.92. The highest BCUT2D eigenvalue weighted by atomic mass is 31.0. The largest absolute Gasteiger partial charge is 0.153 e. The quantitative estimate of drug-likeness (QED) is 0.325. The van der Waals surface area contributed by atoms with Gasteiger partial charge in [0.05, 0.1) is 0 Å². The highest BCUT2D eigenvalue weighted by Gasteiger charge is 0.934. The Kier molecular flexibility index (Phi) is 2380. The average molecular weight is 105 g/mol. The fourth-order valence-corrected chi connectivity index (χ4v) is 0. The van der Waals surface area contributed by atoms with Gasteiger partial charge in [-0.3, -0.25) is 0 Å². The third kappa shape index (κ3) is 224. The third-order valence-corrected chi connectivity index (χ3v) is 0. The summed E-state index contributed by atoms with van der Waals surface area (Å²) in [5.74, 6) is 0. The van der Waals surface area contributed by atoms with Crippen LogP contribution in [0.3, 0.4) is 0 Å². The van der Waals surface area contributed by atoms with E-state index in [4.69, 9.17) is 0 Å². The molecule has 39 valence electrons. The Bertz CT molecular complexity index is 7.51. The molecule has 0 nitrogen and oxygen atoms in total. The fourth-order valence-electron chi connectivity index (χ4n) is 0. The van der Waals surface area contributed by atoms with Crippen molar-refractivity contribution >= 4 is 18.3 Å². The maximum atomic E-state index is 2.00. The van der Waals surface area contributed by atoms with E-state index in [0.717, 1.165) is 0 Å². The van der Waals surface area contributed by atoms with Crippen molar-refractivity contribution in [3.63, 3.8) is 0 Å². The topological polar surface area (TPSA) is 0 Å². The van der Waals surface area contributed by atoms with E-state index < -0.39 is 0 Å². The molecule has 2 heteroatoms. The lowest BCUT2D eigenvalue weighted by Crippen LogP contribution is -0.856. The van der Waals surface area contributed by atoms with E-state index in [0.29, 0.717) is 0 Å². The van der Waals surface area contributed by atoms with Crippen LogP contribution in [0.1, 0.15) is 27.7 Å². The minimum absolute atomic E-state index is 0. The molecule has 0 saturated heterocycles. The number of rotatable bonds is 0. The Morgan fingerprint density at radius 3 is 0.667 bits per heavy atom. The molecule has 0 amide bonds. The molecule has 0 heterocycles. The van der Waals surface area contributed by atoms with Crippen LogP contribution in [0.2, 0.25) is 0 Å². The monoisotopic (exact) mass is 105 g/mol. The standard InChI is InChI=1S/2C2H6.B.H3P/c2*1-2;;/h2*1-2H3;;1H3. The number of hydrogen-bond acceptors (Lipinski definition) is 0. The molecule has 6 heavy (non-hydrogen) atoms. The van der Waals surface area contributed by atoms with Gasteiger partial charge in [-0.1, -0.05) is 27.7 Å². The third-order valence-electron chi connectivity index (χ3n) is 0. The molecule has 0 aromatic heterocycles. The molecule has 0 bridgehead atoms. The summed E-state index contributed by atoms with van der Waals surface area (Å²) >= 11 is 0. The van der Waals surface area contributed by atoms with Crippen molar-refractivity contribution in [1.29, 1.82) is 0 Å². The lowest BCUT2D eigenvalue weighted by molar-refractivity contribution is 1.50. The Hall–Kier alpha value is 0.495. The first-order valence-corrected chi connectivity index (χ1v) is 2.00. The molecule has 3 radical (unpaired) electrons. The van der Waals surface area contributed by atoms with Crippen molar-refractivity contribution in [2.24, 2.45) is 0 Å². The van der Waals surface area contributed by atoms with Crippen molar-refractivity contribution < 1.29 is 0 Å². The lowest BCUT2D eigenvalue weighted by atomic mass is 10.8. The predicted molar refractivity (Wildman–Crippen MR) is 39.6 cm³/mol. The van der Waals surface area contributed by atoms with Crippen molar-refractivity contribution in [3.05, 3.63) is 0 Å². The normalized spacial score (nSPS) is 2.00. The van der Waals surface area contributed by atoms with Crippen LogP contribution in [0.4, 0.5) is 0 Å². The zero-order valence-electron chi connectivity index (χ0n) is 5.28. The Labute approximate surface area is 46.9 Å². The lowest BCUT2D eigenvalue weighted by Gasteiger charge is -1.07. The van der Waals surface area contributed by atoms with Crippen molar-refractivity contribution in [2.75, 3.05) is 0 Å². The van der Waals surface area contributed by atoms with E-state index in [9.17, 15) is 0 Å². The smallest absolute Gasteiger partial charge is 0 e. The Morgan fingerprint density at radius 2 is 0.667 bits per heavy atom. The average Bonchev–Trinajstić information content (AvgIpc) is 1.50. The van der Waals surface area contributed by atoms with Crippen LogP contribution in [-0.2, 0) is 0 Å². The summed E-state index contributed by atoms with van der Waals surface area (Å²) < 4.78 is 0. The molecule has 0 spiro atoms. The molecule has 0 aromatic carbocycles. The summed E-state index contributed by atoms with van der Waals surface area (Å²) in [5, 5.41) is 0. The van der Waals surface area contributed by atoms with E-state index >= 15 is 0 Å². The van der Waals surface area contributed by atoms with E-state index in [1.165, 1.54) is 0 Å². The molecular weight excluding hydrogens is 89.8 g/mol. The molecule has 0 aliphatic rings. The molecule has 0 aliphatic heterocycles. The molecule has 1 atom stereocenters. The zero-order chi connectivity index (χ0) is 4.00.